The number of alkyl halides is 1. The quantitative estimate of drug-likeness (QED) is 0.670. The van der Waals surface area contributed by atoms with Crippen LogP contribution in [0.1, 0.15) is 12.8 Å². The van der Waals surface area contributed by atoms with Crippen molar-refractivity contribution in [2.24, 2.45) is 0 Å². The highest BCUT2D eigenvalue weighted by Crippen LogP contribution is 2.44. The Labute approximate surface area is 106 Å². The van der Waals surface area contributed by atoms with Crippen molar-refractivity contribution < 1.29 is 17.9 Å². The van der Waals surface area contributed by atoms with Crippen LogP contribution in [0.4, 0.5) is 0 Å². The third kappa shape index (κ3) is 1.86. The van der Waals surface area contributed by atoms with Gasteiger partial charge in [-0.05, 0) is 12.8 Å². The SMILES string of the molecule is CN(C(=O)CCl)C1CS(=O)(=O)C12CCOCC2. The van der Waals surface area contributed by atoms with Gasteiger partial charge in [-0.3, -0.25) is 4.79 Å². The molecule has 1 amide bonds. The lowest BCUT2D eigenvalue weighted by atomic mass is 9.89. The van der Waals surface area contributed by atoms with E-state index in [2.05, 4.69) is 0 Å². The minimum Gasteiger partial charge on any atom is -0.381 e. The van der Waals surface area contributed by atoms with Crippen molar-refractivity contribution in [3.8, 4) is 0 Å². The molecule has 0 N–H and O–H groups in total. The second kappa shape index (κ2) is 4.40. The molecule has 2 fully saturated rings. The number of carbonyl (C=O) groups is 1. The lowest BCUT2D eigenvalue weighted by Gasteiger charge is -2.53. The molecule has 2 aliphatic rings. The predicted molar refractivity (Wildman–Crippen MR) is 63.8 cm³/mol. The summed E-state index contributed by atoms with van der Waals surface area (Å²) < 4.78 is 28.4. The van der Waals surface area contributed by atoms with E-state index in [1.54, 1.807) is 7.05 Å². The number of nitrogens with zero attached hydrogens (tertiary/aromatic N) is 1. The number of amides is 1. The highest BCUT2D eigenvalue weighted by molar-refractivity contribution is 7.94. The molecule has 0 aliphatic carbocycles. The van der Waals surface area contributed by atoms with Crippen LogP contribution in [0.15, 0.2) is 0 Å². The Morgan fingerprint density at radius 2 is 2.06 bits per heavy atom. The van der Waals surface area contributed by atoms with Gasteiger partial charge in [-0.1, -0.05) is 0 Å². The minimum atomic E-state index is -3.10. The molecule has 2 heterocycles. The van der Waals surface area contributed by atoms with Gasteiger partial charge in [0.15, 0.2) is 9.84 Å². The molecule has 2 rings (SSSR count). The monoisotopic (exact) mass is 281 g/mol. The van der Waals surface area contributed by atoms with E-state index in [1.807, 2.05) is 0 Å². The maximum Gasteiger partial charge on any atom is 0.237 e. The Bertz CT molecular complexity index is 416. The van der Waals surface area contributed by atoms with Crippen molar-refractivity contribution in [3.63, 3.8) is 0 Å². The average molecular weight is 282 g/mol. The number of rotatable bonds is 2. The van der Waals surface area contributed by atoms with E-state index < -0.39 is 14.6 Å². The average Bonchev–Trinajstić information content (AvgIpc) is 2.35. The maximum absolute atomic E-state index is 12.0. The van der Waals surface area contributed by atoms with Gasteiger partial charge < -0.3 is 9.64 Å². The molecule has 2 saturated heterocycles. The van der Waals surface area contributed by atoms with Crippen LogP contribution in [-0.2, 0) is 19.4 Å². The van der Waals surface area contributed by atoms with Gasteiger partial charge in [0, 0.05) is 20.3 Å². The topological polar surface area (TPSA) is 63.7 Å². The summed E-state index contributed by atoms with van der Waals surface area (Å²) in [6.45, 7) is 0.886. The van der Waals surface area contributed by atoms with Crippen LogP contribution in [0, 0.1) is 0 Å². The van der Waals surface area contributed by atoms with E-state index >= 15 is 0 Å². The number of sulfone groups is 1. The van der Waals surface area contributed by atoms with Crippen LogP contribution in [0.25, 0.3) is 0 Å². The summed E-state index contributed by atoms with van der Waals surface area (Å²) in [7, 11) is -1.47. The lowest BCUT2D eigenvalue weighted by Crippen LogP contribution is -2.71. The number of ether oxygens (including phenoxy) is 1. The first-order valence-corrected chi connectivity index (χ1v) is 7.75. The van der Waals surface area contributed by atoms with Crippen LogP contribution in [0.2, 0.25) is 0 Å². The third-order valence-corrected chi connectivity index (χ3v) is 6.82. The zero-order chi connectivity index (χ0) is 12.7. The lowest BCUT2D eigenvalue weighted by molar-refractivity contribution is -0.130. The van der Waals surface area contributed by atoms with E-state index in [9.17, 15) is 13.2 Å². The smallest absolute Gasteiger partial charge is 0.237 e. The molecule has 1 spiro atoms. The molecule has 98 valence electrons. The Kier molecular flexibility index (Phi) is 3.40. The summed E-state index contributed by atoms with van der Waals surface area (Å²) >= 11 is 5.51. The zero-order valence-electron chi connectivity index (χ0n) is 9.69. The van der Waals surface area contributed by atoms with Gasteiger partial charge in [-0.2, -0.15) is 0 Å². The summed E-state index contributed by atoms with van der Waals surface area (Å²) in [5, 5.41) is 0. The Hall–Kier alpha value is -0.330. The van der Waals surface area contributed by atoms with Gasteiger partial charge >= 0.3 is 0 Å². The number of hydrogen-bond acceptors (Lipinski definition) is 4. The second-order valence-corrected chi connectivity index (χ2v) is 7.26. The van der Waals surface area contributed by atoms with Crippen LogP contribution in [-0.4, -0.2) is 61.9 Å². The molecule has 2 aliphatic heterocycles. The van der Waals surface area contributed by atoms with Gasteiger partial charge in [-0.25, -0.2) is 8.42 Å². The van der Waals surface area contributed by atoms with Crippen molar-refractivity contribution in [3.05, 3.63) is 0 Å². The third-order valence-electron chi connectivity index (χ3n) is 3.92. The fourth-order valence-electron chi connectivity index (χ4n) is 2.73. The molecular weight excluding hydrogens is 266 g/mol. The molecule has 1 unspecified atom stereocenters. The summed E-state index contributed by atoms with van der Waals surface area (Å²) in [4.78, 5) is 13.0. The van der Waals surface area contributed by atoms with Crippen LogP contribution < -0.4 is 0 Å². The van der Waals surface area contributed by atoms with Gasteiger partial charge in [0.25, 0.3) is 0 Å². The van der Waals surface area contributed by atoms with Crippen LogP contribution in [0.3, 0.4) is 0 Å². The Balaban J connectivity index is 2.23. The first-order chi connectivity index (χ1) is 7.94. The van der Waals surface area contributed by atoms with Crippen LogP contribution in [0.5, 0.6) is 0 Å². The standard InChI is InChI=1S/C10H16ClNO4S/c1-12(9(13)6-11)8-7-17(14,15)10(8)2-4-16-5-3-10/h8H,2-7H2,1H3. The van der Waals surface area contributed by atoms with Crippen LogP contribution >= 0.6 is 11.6 Å². The number of halogens is 1. The van der Waals surface area contributed by atoms with Gasteiger partial charge in [0.05, 0.1) is 16.5 Å². The molecule has 0 saturated carbocycles. The van der Waals surface area contributed by atoms with E-state index in [1.165, 1.54) is 4.90 Å². The Morgan fingerprint density at radius 1 is 1.47 bits per heavy atom. The molecular formula is C10H16ClNO4S. The van der Waals surface area contributed by atoms with Gasteiger partial charge in [-0.15, -0.1) is 11.6 Å². The number of hydrogen-bond donors (Lipinski definition) is 0. The first kappa shape index (κ1) is 13.1. The maximum atomic E-state index is 12.0. The Morgan fingerprint density at radius 3 is 2.53 bits per heavy atom. The largest absolute Gasteiger partial charge is 0.381 e. The molecule has 0 aromatic rings. The van der Waals surface area contributed by atoms with Crippen molar-refractivity contribution >= 4 is 27.3 Å². The van der Waals surface area contributed by atoms with Crippen molar-refractivity contribution in [1.82, 2.24) is 4.90 Å². The molecule has 0 radical (unpaired) electrons. The van der Waals surface area contributed by atoms with E-state index in [4.69, 9.17) is 16.3 Å². The summed E-state index contributed by atoms with van der Waals surface area (Å²) in [6, 6.07) is -0.248. The molecule has 0 aromatic heterocycles. The summed E-state index contributed by atoms with van der Waals surface area (Å²) in [6.07, 6.45) is 0.944. The van der Waals surface area contributed by atoms with Gasteiger partial charge in [0.1, 0.15) is 5.88 Å². The fourth-order valence-corrected chi connectivity index (χ4v) is 5.35. The second-order valence-electron chi connectivity index (χ2n) is 4.61. The molecule has 17 heavy (non-hydrogen) atoms. The molecule has 1 atom stereocenters. The van der Waals surface area contributed by atoms with E-state index in [0.717, 1.165) is 0 Å². The van der Waals surface area contributed by atoms with E-state index in [-0.39, 0.29) is 23.6 Å². The molecule has 7 heteroatoms. The minimum absolute atomic E-state index is 0.0477. The first-order valence-electron chi connectivity index (χ1n) is 5.56. The predicted octanol–water partition coefficient (Wildman–Crippen LogP) is 0.0298. The highest BCUT2D eigenvalue weighted by atomic mass is 35.5. The molecule has 0 bridgehead atoms. The van der Waals surface area contributed by atoms with Crippen molar-refractivity contribution in [2.45, 2.75) is 23.6 Å². The summed E-state index contributed by atoms with van der Waals surface area (Å²) in [5.74, 6) is -0.288. The fraction of sp³-hybridized carbons (Fsp3) is 0.900. The molecule has 0 aromatic carbocycles. The number of carbonyl (C=O) groups excluding carboxylic acids is 1. The van der Waals surface area contributed by atoms with Crippen molar-refractivity contribution in [1.29, 1.82) is 0 Å². The zero-order valence-corrected chi connectivity index (χ0v) is 11.3. The van der Waals surface area contributed by atoms with E-state index in [0.29, 0.717) is 26.1 Å². The van der Waals surface area contributed by atoms with Gasteiger partial charge in [0.2, 0.25) is 5.91 Å². The normalized spacial score (nSPS) is 29.6. The highest BCUT2D eigenvalue weighted by Gasteiger charge is 2.62. The molecule has 5 nitrogen and oxygen atoms in total. The summed E-state index contributed by atoms with van der Waals surface area (Å²) in [5.41, 5.74) is 0. The van der Waals surface area contributed by atoms with Crippen molar-refractivity contribution in [2.75, 3.05) is 31.9 Å².